The maximum atomic E-state index is 13.5. The number of nitrogens with zero attached hydrogens (tertiary/aromatic N) is 1. The van der Waals surface area contributed by atoms with E-state index in [0.717, 1.165) is 11.6 Å². The Balaban J connectivity index is 2.42. The molecule has 0 aliphatic rings. The predicted octanol–water partition coefficient (Wildman–Crippen LogP) is 4.39. The molecule has 0 amide bonds. The van der Waals surface area contributed by atoms with Crippen LogP contribution in [-0.2, 0) is 0 Å². The van der Waals surface area contributed by atoms with Gasteiger partial charge in [-0.25, -0.2) is 4.39 Å². The second-order valence-electron chi connectivity index (χ2n) is 4.41. The van der Waals surface area contributed by atoms with Crippen molar-refractivity contribution in [3.8, 4) is 6.07 Å². The molecule has 0 bridgehead atoms. The van der Waals surface area contributed by atoms with Gasteiger partial charge in [0.1, 0.15) is 11.7 Å². The molecule has 0 radical (unpaired) electrons. The van der Waals surface area contributed by atoms with Crippen LogP contribution in [0.2, 0.25) is 0 Å². The van der Waals surface area contributed by atoms with Crippen LogP contribution < -0.4 is 0 Å². The zero-order valence-corrected chi connectivity index (χ0v) is 12.3. The summed E-state index contributed by atoms with van der Waals surface area (Å²) >= 11 is 3.04. The zero-order chi connectivity index (χ0) is 14.7. The Bertz CT molecular complexity index is 706. The van der Waals surface area contributed by atoms with Crippen molar-refractivity contribution in [1.29, 1.82) is 5.26 Å². The lowest BCUT2D eigenvalue weighted by Gasteiger charge is -2.11. The second-order valence-corrected chi connectivity index (χ2v) is 5.27. The fourth-order valence-corrected chi connectivity index (χ4v) is 2.24. The topological polar surface area (TPSA) is 40.9 Å². The molecule has 0 aromatic heterocycles. The van der Waals surface area contributed by atoms with Gasteiger partial charge in [-0.05, 0) is 46.1 Å². The SMILES string of the molecule is Cc1ccccc1C(C#N)C(=O)c1ccc(Br)c(F)c1. The molecule has 2 rings (SSSR count). The van der Waals surface area contributed by atoms with Crippen molar-refractivity contribution >= 4 is 21.7 Å². The molecule has 0 spiro atoms. The monoisotopic (exact) mass is 331 g/mol. The van der Waals surface area contributed by atoms with Crippen LogP contribution in [0.4, 0.5) is 4.39 Å². The fourth-order valence-electron chi connectivity index (χ4n) is 2.00. The van der Waals surface area contributed by atoms with E-state index in [0.29, 0.717) is 10.0 Å². The lowest BCUT2D eigenvalue weighted by atomic mass is 9.89. The Kier molecular flexibility index (Phi) is 4.31. The van der Waals surface area contributed by atoms with Gasteiger partial charge in [-0.15, -0.1) is 0 Å². The number of carbonyl (C=O) groups is 1. The van der Waals surface area contributed by atoms with Gasteiger partial charge in [0, 0.05) is 5.56 Å². The molecule has 1 unspecified atom stereocenters. The van der Waals surface area contributed by atoms with Crippen LogP contribution in [0.25, 0.3) is 0 Å². The van der Waals surface area contributed by atoms with E-state index >= 15 is 0 Å². The van der Waals surface area contributed by atoms with Gasteiger partial charge in [0.15, 0.2) is 5.78 Å². The van der Waals surface area contributed by atoms with E-state index in [1.165, 1.54) is 12.1 Å². The van der Waals surface area contributed by atoms with E-state index in [4.69, 9.17) is 0 Å². The number of halogens is 2. The molecule has 0 heterocycles. The zero-order valence-electron chi connectivity index (χ0n) is 10.7. The number of carbonyl (C=O) groups excluding carboxylic acids is 1. The van der Waals surface area contributed by atoms with Gasteiger partial charge < -0.3 is 0 Å². The number of rotatable bonds is 3. The van der Waals surface area contributed by atoms with Gasteiger partial charge in [0.25, 0.3) is 0 Å². The maximum absolute atomic E-state index is 13.5. The molecule has 0 saturated heterocycles. The predicted molar refractivity (Wildman–Crippen MR) is 78.0 cm³/mol. The Morgan fingerprint density at radius 1 is 1.30 bits per heavy atom. The lowest BCUT2D eigenvalue weighted by Crippen LogP contribution is -2.12. The van der Waals surface area contributed by atoms with E-state index < -0.39 is 17.5 Å². The standard InChI is InChI=1S/C16H11BrFNO/c1-10-4-2-3-5-12(10)13(9-19)16(20)11-6-7-14(17)15(18)8-11/h2-8,13H,1H3. The molecule has 2 nitrogen and oxygen atoms in total. The number of hydrogen-bond donors (Lipinski definition) is 0. The van der Waals surface area contributed by atoms with Gasteiger partial charge in [-0.3, -0.25) is 4.79 Å². The summed E-state index contributed by atoms with van der Waals surface area (Å²) in [7, 11) is 0. The molecular formula is C16H11BrFNO. The molecule has 0 saturated carbocycles. The third-order valence-electron chi connectivity index (χ3n) is 3.09. The Morgan fingerprint density at radius 2 is 2.00 bits per heavy atom. The van der Waals surface area contributed by atoms with Crippen molar-refractivity contribution in [2.24, 2.45) is 0 Å². The quantitative estimate of drug-likeness (QED) is 0.783. The van der Waals surface area contributed by atoms with Gasteiger partial charge >= 0.3 is 0 Å². The molecule has 20 heavy (non-hydrogen) atoms. The molecular weight excluding hydrogens is 321 g/mol. The van der Waals surface area contributed by atoms with Crippen LogP contribution in [-0.4, -0.2) is 5.78 Å². The van der Waals surface area contributed by atoms with E-state index in [-0.39, 0.29) is 5.56 Å². The minimum atomic E-state index is -0.920. The third-order valence-corrected chi connectivity index (χ3v) is 3.74. The third kappa shape index (κ3) is 2.78. The minimum absolute atomic E-state index is 0.195. The highest BCUT2D eigenvalue weighted by Gasteiger charge is 2.23. The molecule has 0 N–H and O–H groups in total. The molecule has 0 fully saturated rings. The van der Waals surface area contributed by atoms with Crippen LogP contribution in [0.5, 0.6) is 0 Å². The van der Waals surface area contributed by atoms with Crippen LogP contribution >= 0.6 is 15.9 Å². The summed E-state index contributed by atoms with van der Waals surface area (Å²) in [4.78, 5) is 12.4. The summed E-state index contributed by atoms with van der Waals surface area (Å²) in [6.45, 7) is 1.84. The molecule has 4 heteroatoms. The van der Waals surface area contributed by atoms with E-state index in [2.05, 4.69) is 15.9 Å². The van der Waals surface area contributed by atoms with Crippen molar-refractivity contribution < 1.29 is 9.18 Å². The number of aryl methyl sites for hydroxylation is 1. The van der Waals surface area contributed by atoms with Gasteiger partial charge in [-0.2, -0.15) is 5.26 Å². The van der Waals surface area contributed by atoms with Crippen molar-refractivity contribution in [1.82, 2.24) is 0 Å². The highest BCUT2D eigenvalue weighted by Crippen LogP contribution is 2.25. The minimum Gasteiger partial charge on any atom is -0.292 e. The van der Waals surface area contributed by atoms with Crippen LogP contribution in [0.15, 0.2) is 46.9 Å². The maximum Gasteiger partial charge on any atom is 0.184 e. The summed E-state index contributed by atoms with van der Waals surface area (Å²) in [5.41, 5.74) is 1.72. The van der Waals surface area contributed by atoms with Crippen molar-refractivity contribution in [3.05, 3.63) is 69.4 Å². The Morgan fingerprint density at radius 3 is 2.60 bits per heavy atom. The Labute approximate surface area is 125 Å². The molecule has 2 aromatic rings. The lowest BCUT2D eigenvalue weighted by molar-refractivity contribution is 0.0978. The number of Topliss-reactive ketones (excluding diaryl/α,β-unsaturated/α-hetero) is 1. The van der Waals surface area contributed by atoms with Crippen molar-refractivity contribution in [3.63, 3.8) is 0 Å². The summed E-state index contributed by atoms with van der Waals surface area (Å²) in [5.74, 6) is -1.83. The van der Waals surface area contributed by atoms with Gasteiger partial charge in [-0.1, -0.05) is 30.3 Å². The number of hydrogen-bond acceptors (Lipinski definition) is 2. The molecule has 2 aromatic carbocycles. The summed E-state index contributed by atoms with van der Waals surface area (Å²) < 4.78 is 13.8. The first kappa shape index (κ1) is 14.4. The first-order valence-corrected chi connectivity index (χ1v) is 6.78. The summed E-state index contributed by atoms with van der Waals surface area (Å²) in [6, 6.07) is 13.3. The van der Waals surface area contributed by atoms with Crippen LogP contribution in [0.1, 0.15) is 27.4 Å². The average molecular weight is 332 g/mol. The van der Waals surface area contributed by atoms with Crippen molar-refractivity contribution in [2.45, 2.75) is 12.8 Å². The summed E-state index contributed by atoms with van der Waals surface area (Å²) in [6.07, 6.45) is 0. The van der Waals surface area contributed by atoms with Gasteiger partial charge in [0.2, 0.25) is 0 Å². The van der Waals surface area contributed by atoms with Crippen LogP contribution in [0.3, 0.4) is 0 Å². The van der Waals surface area contributed by atoms with E-state index in [1.807, 2.05) is 25.1 Å². The van der Waals surface area contributed by atoms with Crippen LogP contribution in [0, 0.1) is 24.1 Å². The first-order valence-electron chi connectivity index (χ1n) is 5.99. The largest absolute Gasteiger partial charge is 0.292 e. The number of benzene rings is 2. The number of nitriles is 1. The van der Waals surface area contributed by atoms with Crippen molar-refractivity contribution in [2.75, 3.05) is 0 Å². The fraction of sp³-hybridized carbons (Fsp3) is 0.125. The molecule has 1 atom stereocenters. The molecule has 0 aliphatic heterocycles. The Hall–Kier alpha value is -1.99. The highest BCUT2D eigenvalue weighted by atomic mass is 79.9. The summed E-state index contributed by atoms with van der Waals surface area (Å²) in [5, 5.41) is 9.29. The highest BCUT2D eigenvalue weighted by molar-refractivity contribution is 9.10. The van der Waals surface area contributed by atoms with E-state index in [9.17, 15) is 14.4 Å². The van der Waals surface area contributed by atoms with E-state index in [1.54, 1.807) is 12.1 Å². The molecule has 100 valence electrons. The average Bonchev–Trinajstić information content (AvgIpc) is 2.44. The normalized spacial score (nSPS) is 11.7. The number of ketones is 1. The first-order chi connectivity index (χ1) is 9.54. The second kappa shape index (κ2) is 5.98. The van der Waals surface area contributed by atoms with Gasteiger partial charge in [0.05, 0.1) is 10.5 Å². The smallest absolute Gasteiger partial charge is 0.184 e. The molecule has 0 aliphatic carbocycles.